The molecule has 2 amide bonds. The third-order valence-electron chi connectivity index (χ3n) is 4.56. The molecule has 7 nitrogen and oxygen atoms in total. The zero-order chi connectivity index (χ0) is 20.1. The molecular weight excluding hydrogens is 360 g/mol. The summed E-state index contributed by atoms with van der Waals surface area (Å²) in [5, 5.41) is 2.89. The molecule has 28 heavy (non-hydrogen) atoms. The van der Waals surface area contributed by atoms with Crippen molar-refractivity contribution in [2.75, 3.05) is 39.3 Å². The van der Waals surface area contributed by atoms with Crippen molar-refractivity contribution in [1.29, 1.82) is 0 Å². The summed E-state index contributed by atoms with van der Waals surface area (Å²) in [7, 11) is 3.15. The second-order valence-corrected chi connectivity index (χ2v) is 6.58. The number of benzene rings is 2. The number of methoxy groups -OCH3 is 2. The normalized spacial score (nSPS) is 13.4. The summed E-state index contributed by atoms with van der Waals surface area (Å²) in [6.07, 6.45) is 0. The van der Waals surface area contributed by atoms with Gasteiger partial charge in [0.2, 0.25) is 0 Å². The van der Waals surface area contributed by atoms with Gasteiger partial charge in [-0.1, -0.05) is 6.07 Å². The molecule has 0 saturated heterocycles. The average molecular weight is 384 g/mol. The molecule has 2 aromatic rings. The maximum Gasteiger partial charge on any atom is 0.260 e. The summed E-state index contributed by atoms with van der Waals surface area (Å²) in [4.78, 5) is 26.6. The van der Waals surface area contributed by atoms with Crippen molar-refractivity contribution in [1.82, 2.24) is 4.90 Å². The Hall–Kier alpha value is -3.06. The summed E-state index contributed by atoms with van der Waals surface area (Å²) in [5.41, 5.74) is 2.88. The summed E-state index contributed by atoms with van der Waals surface area (Å²) in [6, 6.07) is 10.8. The Morgan fingerprint density at radius 1 is 1.21 bits per heavy atom. The quantitative estimate of drug-likeness (QED) is 0.829. The lowest BCUT2D eigenvalue weighted by Crippen LogP contribution is -2.34. The topological polar surface area (TPSA) is 77.1 Å². The molecule has 0 aromatic heterocycles. The van der Waals surface area contributed by atoms with Gasteiger partial charge in [-0.3, -0.25) is 9.59 Å². The van der Waals surface area contributed by atoms with Crippen molar-refractivity contribution in [3.8, 4) is 11.5 Å². The number of carbonyl (C=O) groups excluding carboxylic acids is 2. The molecule has 1 N–H and O–H groups in total. The van der Waals surface area contributed by atoms with Crippen molar-refractivity contribution in [2.45, 2.75) is 13.5 Å². The summed E-state index contributed by atoms with van der Waals surface area (Å²) in [6.45, 7) is 3.19. The van der Waals surface area contributed by atoms with E-state index in [9.17, 15) is 9.59 Å². The van der Waals surface area contributed by atoms with E-state index >= 15 is 0 Å². The molecule has 0 aliphatic carbocycles. The Balaban J connectivity index is 1.82. The van der Waals surface area contributed by atoms with Gasteiger partial charge in [0.05, 0.1) is 19.4 Å². The van der Waals surface area contributed by atoms with Gasteiger partial charge in [-0.2, -0.15) is 0 Å². The van der Waals surface area contributed by atoms with E-state index in [1.807, 2.05) is 25.1 Å². The summed E-state index contributed by atoms with van der Waals surface area (Å²) >= 11 is 0. The Kier molecular flexibility index (Phi) is 6.16. The number of nitrogens with zero attached hydrogens (tertiary/aromatic N) is 1. The first-order valence-corrected chi connectivity index (χ1v) is 9.00. The molecule has 148 valence electrons. The largest absolute Gasteiger partial charge is 0.495 e. The number of hydrogen-bond donors (Lipinski definition) is 1. The van der Waals surface area contributed by atoms with Crippen LogP contribution in [-0.4, -0.2) is 50.7 Å². The number of rotatable bonds is 6. The number of hydrogen-bond acceptors (Lipinski definition) is 5. The first kappa shape index (κ1) is 19.7. The maximum atomic E-state index is 12.8. The first-order chi connectivity index (χ1) is 13.5. The predicted octanol–water partition coefficient (Wildman–Crippen LogP) is 2.62. The Bertz CT molecular complexity index is 881. The molecule has 1 heterocycles. The van der Waals surface area contributed by atoms with Gasteiger partial charge in [0.15, 0.2) is 6.61 Å². The number of carbonyl (C=O) groups is 2. The van der Waals surface area contributed by atoms with E-state index in [-0.39, 0.29) is 18.4 Å². The standard InChI is InChI=1S/C21H24N2O5/c1-14-4-6-19(27-3)17(10-14)22-21(25)15-5-7-18-16(11-15)12-23(8-9-26-2)20(24)13-28-18/h4-7,10-11H,8-9,12-13H2,1-3H3,(H,22,25). The lowest BCUT2D eigenvalue weighted by molar-refractivity contribution is -0.133. The van der Waals surface area contributed by atoms with Crippen molar-refractivity contribution in [2.24, 2.45) is 0 Å². The second-order valence-electron chi connectivity index (χ2n) is 6.58. The molecule has 0 fully saturated rings. The number of nitrogens with one attached hydrogen (secondary N) is 1. The number of aryl methyl sites for hydroxylation is 1. The first-order valence-electron chi connectivity index (χ1n) is 9.00. The van der Waals surface area contributed by atoms with Crippen LogP contribution in [0.2, 0.25) is 0 Å². The summed E-state index contributed by atoms with van der Waals surface area (Å²) in [5.74, 6) is 0.834. The van der Waals surface area contributed by atoms with Crippen molar-refractivity contribution < 1.29 is 23.8 Å². The van der Waals surface area contributed by atoms with Crippen LogP contribution in [0.1, 0.15) is 21.5 Å². The highest BCUT2D eigenvalue weighted by Gasteiger charge is 2.22. The van der Waals surface area contributed by atoms with Crippen LogP contribution in [0.5, 0.6) is 11.5 Å². The average Bonchev–Trinajstić information content (AvgIpc) is 2.85. The van der Waals surface area contributed by atoms with Gasteiger partial charge in [-0.05, 0) is 42.8 Å². The number of anilines is 1. The fourth-order valence-electron chi connectivity index (χ4n) is 3.03. The predicted molar refractivity (Wildman–Crippen MR) is 105 cm³/mol. The van der Waals surface area contributed by atoms with E-state index in [0.29, 0.717) is 42.4 Å². The lowest BCUT2D eigenvalue weighted by Gasteiger charge is -2.19. The minimum Gasteiger partial charge on any atom is -0.495 e. The van der Waals surface area contributed by atoms with Gasteiger partial charge in [0.25, 0.3) is 11.8 Å². The smallest absolute Gasteiger partial charge is 0.260 e. The zero-order valence-electron chi connectivity index (χ0n) is 16.3. The van der Waals surface area contributed by atoms with E-state index in [0.717, 1.165) is 11.1 Å². The van der Waals surface area contributed by atoms with E-state index < -0.39 is 0 Å². The highest BCUT2D eigenvalue weighted by molar-refractivity contribution is 6.05. The molecule has 2 aromatic carbocycles. The van der Waals surface area contributed by atoms with Crippen molar-refractivity contribution in [3.63, 3.8) is 0 Å². The fourth-order valence-corrected chi connectivity index (χ4v) is 3.03. The van der Waals surface area contributed by atoms with Gasteiger partial charge in [-0.25, -0.2) is 0 Å². The number of ether oxygens (including phenoxy) is 3. The molecular formula is C21H24N2O5. The van der Waals surface area contributed by atoms with E-state index in [2.05, 4.69) is 5.32 Å². The van der Waals surface area contributed by atoms with Gasteiger partial charge < -0.3 is 24.4 Å². The van der Waals surface area contributed by atoms with Crippen LogP contribution >= 0.6 is 0 Å². The maximum absolute atomic E-state index is 12.8. The number of fused-ring (bicyclic) bond motifs is 1. The Labute approximate surface area is 164 Å². The van der Waals surface area contributed by atoms with Gasteiger partial charge in [0, 0.05) is 31.3 Å². The lowest BCUT2D eigenvalue weighted by atomic mass is 10.1. The molecule has 3 rings (SSSR count). The van der Waals surface area contributed by atoms with Crippen molar-refractivity contribution in [3.05, 3.63) is 53.1 Å². The minimum absolute atomic E-state index is 0.0251. The Morgan fingerprint density at radius 2 is 2.04 bits per heavy atom. The Morgan fingerprint density at radius 3 is 2.79 bits per heavy atom. The van der Waals surface area contributed by atoms with E-state index in [4.69, 9.17) is 14.2 Å². The molecule has 0 spiro atoms. The molecule has 0 saturated carbocycles. The van der Waals surface area contributed by atoms with Crippen LogP contribution in [0.25, 0.3) is 0 Å². The minimum atomic E-state index is -0.259. The number of amides is 2. The van der Waals surface area contributed by atoms with Crippen LogP contribution < -0.4 is 14.8 Å². The molecule has 0 unspecified atom stereocenters. The van der Waals surface area contributed by atoms with Crippen LogP contribution in [0, 0.1) is 6.92 Å². The third-order valence-corrected chi connectivity index (χ3v) is 4.56. The molecule has 7 heteroatoms. The van der Waals surface area contributed by atoms with Gasteiger partial charge >= 0.3 is 0 Å². The van der Waals surface area contributed by atoms with Crippen molar-refractivity contribution >= 4 is 17.5 Å². The summed E-state index contributed by atoms with van der Waals surface area (Å²) < 4.78 is 16.0. The van der Waals surface area contributed by atoms with Gasteiger partial charge in [-0.15, -0.1) is 0 Å². The SMILES string of the molecule is COCCN1Cc2cc(C(=O)Nc3cc(C)ccc3OC)ccc2OCC1=O. The van der Waals surface area contributed by atoms with E-state index in [1.165, 1.54) is 0 Å². The highest BCUT2D eigenvalue weighted by Crippen LogP contribution is 2.28. The molecule has 0 bridgehead atoms. The van der Waals surface area contributed by atoms with Crippen LogP contribution in [0.4, 0.5) is 5.69 Å². The van der Waals surface area contributed by atoms with Crippen LogP contribution in [-0.2, 0) is 16.1 Å². The van der Waals surface area contributed by atoms with Crippen LogP contribution in [0.3, 0.4) is 0 Å². The molecule has 0 radical (unpaired) electrons. The zero-order valence-corrected chi connectivity index (χ0v) is 16.3. The monoisotopic (exact) mass is 384 g/mol. The highest BCUT2D eigenvalue weighted by atomic mass is 16.5. The fraction of sp³-hybridized carbons (Fsp3) is 0.333. The van der Waals surface area contributed by atoms with E-state index in [1.54, 1.807) is 37.3 Å². The van der Waals surface area contributed by atoms with Crippen LogP contribution in [0.15, 0.2) is 36.4 Å². The molecule has 1 aliphatic heterocycles. The molecule has 1 aliphatic rings. The third kappa shape index (κ3) is 4.43. The second kappa shape index (κ2) is 8.75. The van der Waals surface area contributed by atoms with Gasteiger partial charge in [0.1, 0.15) is 11.5 Å². The molecule has 0 atom stereocenters.